The Labute approximate surface area is 131 Å². The van der Waals surface area contributed by atoms with Crippen LogP contribution in [-0.4, -0.2) is 53.9 Å². The Morgan fingerprint density at radius 3 is 2.68 bits per heavy atom. The lowest BCUT2D eigenvalue weighted by Gasteiger charge is -2.08. The number of methoxy groups -OCH3 is 1. The number of carbonyl (C=O) groups excluding carboxylic acids is 1. The average Bonchev–Trinajstić information content (AvgIpc) is 2.41. The van der Waals surface area contributed by atoms with Crippen LogP contribution in [0.25, 0.3) is 0 Å². The van der Waals surface area contributed by atoms with E-state index >= 15 is 0 Å². The van der Waals surface area contributed by atoms with Crippen molar-refractivity contribution in [1.82, 2.24) is 10.6 Å². The van der Waals surface area contributed by atoms with Crippen LogP contribution in [0.3, 0.4) is 0 Å². The van der Waals surface area contributed by atoms with Gasteiger partial charge >= 0.3 is 0 Å². The number of anilines is 1. The highest BCUT2D eigenvalue weighted by Gasteiger charge is 2.06. The monoisotopic (exact) mass is 329 g/mol. The van der Waals surface area contributed by atoms with E-state index < -0.39 is 10.0 Å². The van der Waals surface area contributed by atoms with Crippen LogP contribution in [0.15, 0.2) is 24.3 Å². The Hall–Kier alpha value is -1.64. The summed E-state index contributed by atoms with van der Waals surface area (Å²) in [5.74, 6) is -0.106. The van der Waals surface area contributed by atoms with Gasteiger partial charge in [-0.25, -0.2) is 8.42 Å². The number of ether oxygens (including phenoxy) is 1. The van der Waals surface area contributed by atoms with E-state index in [0.717, 1.165) is 18.4 Å². The van der Waals surface area contributed by atoms with Gasteiger partial charge in [0, 0.05) is 32.4 Å². The van der Waals surface area contributed by atoms with Crippen molar-refractivity contribution in [3.8, 4) is 0 Å². The molecule has 22 heavy (non-hydrogen) atoms. The fourth-order valence-electron chi connectivity index (χ4n) is 1.80. The summed E-state index contributed by atoms with van der Waals surface area (Å²) in [5, 5.41) is 5.92. The van der Waals surface area contributed by atoms with E-state index in [1.54, 1.807) is 31.4 Å². The van der Waals surface area contributed by atoms with E-state index in [9.17, 15) is 13.2 Å². The molecule has 8 heteroatoms. The van der Waals surface area contributed by atoms with Crippen LogP contribution in [0.1, 0.15) is 5.56 Å². The fraction of sp³-hybridized carbons (Fsp3) is 0.500. The molecular weight excluding hydrogens is 306 g/mol. The maximum absolute atomic E-state index is 11.8. The fourth-order valence-corrected chi connectivity index (χ4v) is 2.35. The van der Waals surface area contributed by atoms with Gasteiger partial charge in [0.25, 0.3) is 0 Å². The van der Waals surface area contributed by atoms with E-state index in [1.807, 2.05) is 0 Å². The van der Waals surface area contributed by atoms with Crippen molar-refractivity contribution in [3.63, 3.8) is 0 Å². The van der Waals surface area contributed by atoms with Crippen molar-refractivity contribution in [2.45, 2.75) is 6.42 Å². The second kappa shape index (κ2) is 9.39. The van der Waals surface area contributed by atoms with Crippen LogP contribution >= 0.6 is 0 Å². The van der Waals surface area contributed by atoms with Crippen LogP contribution in [-0.2, 0) is 26.0 Å². The molecule has 0 heterocycles. The van der Waals surface area contributed by atoms with E-state index in [1.165, 1.54) is 0 Å². The van der Waals surface area contributed by atoms with Crippen LogP contribution in [0.4, 0.5) is 5.69 Å². The van der Waals surface area contributed by atoms with Crippen molar-refractivity contribution in [3.05, 3.63) is 29.8 Å². The van der Waals surface area contributed by atoms with Crippen molar-refractivity contribution < 1.29 is 17.9 Å². The topological polar surface area (TPSA) is 96.5 Å². The standard InChI is InChI=1S/C14H23N3O4S/c1-21-9-8-15-6-7-16-14(18)11-12-4-3-5-13(10-12)17-22(2,19)20/h3-5,10,15,17H,6-9,11H2,1-2H3,(H,16,18). The number of hydrogen-bond donors (Lipinski definition) is 3. The van der Waals surface area contributed by atoms with Crippen LogP contribution < -0.4 is 15.4 Å². The lowest BCUT2D eigenvalue weighted by molar-refractivity contribution is -0.120. The molecule has 1 rings (SSSR count). The Balaban J connectivity index is 2.36. The Morgan fingerprint density at radius 1 is 1.23 bits per heavy atom. The number of carbonyl (C=O) groups is 1. The highest BCUT2D eigenvalue weighted by molar-refractivity contribution is 7.92. The van der Waals surface area contributed by atoms with Crippen LogP contribution in [0.2, 0.25) is 0 Å². The highest BCUT2D eigenvalue weighted by atomic mass is 32.2. The third kappa shape index (κ3) is 8.60. The van der Waals surface area contributed by atoms with Gasteiger partial charge in [-0.15, -0.1) is 0 Å². The molecule has 1 aromatic carbocycles. The molecule has 0 aliphatic rings. The molecule has 0 aliphatic heterocycles. The van der Waals surface area contributed by atoms with Gasteiger partial charge in [0.05, 0.1) is 19.3 Å². The summed E-state index contributed by atoms with van der Waals surface area (Å²) in [6.45, 7) is 2.58. The zero-order valence-corrected chi connectivity index (χ0v) is 13.7. The maximum atomic E-state index is 11.8. The Morgan fingerprint density at radius 2 is 2.00 bits per heavy atom. The largest absolute Gasteiger partial charge is 0.383 e. The molecular formula is C14H23N3O4S. The molecule has 3 N–H and O–H groups in total. The van der Waals surface area contributed by atoms with E-state index in [4.69, 9.17) is 4.74 Å². The van der Waals surface area contributed by atoms with Gasteiger partial charge in [0.15, 0.2) is 0 Å². The minimum absolute atomic E-state index is 0.106. The first-order valence-corrected chi connectivity index (χ1v) is 8.83. The summed E-state index contributed by atoms with van der Waals surface area (Å²) < 4.78 is 29.6. The number of rotatable bonds is 10. The molecule has 0 radical (unpaired) electrons. The van der Waals surface area contributed by atoms with Gasteiger partial charge in [-0.1, -0.05) is 12.1 Å². The van der Waals surface area contributed by atoms with Gasteiger partial charge in [-0.05, 0) is 17.7 Å². The molecule has 0 saturated carbocycles. The number of hydrogen-bond acceptors (Lipinski definition) is 5. The van der Waals surface area contributed by atoms with Crippen molar-refractivity contribution in [2.75, 3.05) is 44.3 Å². The molecule has 0 fully saturated rings. The summed E-state index contributed by atoms with van der Waals surface area (Å²) in [4.78, 5) is 11.8. The second-order valence-corrected chi connectivity index (χ2v) is 6.59. The summed E-state index contributed by atoms with van der Waals surface area (Å²) >= 11 is 0. The van der Waals surface area contributed by atoms with Crippen molar-refractivity contribution in [2.24, 2.45) is 0 Å². The first kappa shape index (κ1) is 18.4. The highest BCUT2D eigenvalue weighted by Crippen LogP contribution is 2.12. The van der Waals surface area contributed by atoms with Gasteiger partial charge in [0.2, 0.25) is 15.9 Å². The van der Waals surface area contributed by atoms with Crippen LogP contribution in [0, 0.1) is 0 Å². The first-order valence-electron chi connectivity index (χ1n) is 6.94. The number of benzene rings is 1. The number of sulfonamides is 1. The van der Waals surface area contributed by atoms with E-state index in [0.29, 0.717) is 25.4 Å². The SMILES string of the molecule is COCCNCCNC(=O)Cc1cccc(NS(C)(=O)=O)c1. The van der Waals surface area contributed by atoms with Crippen molar-refractivity contribution in [1.29, 1.82) is 0 Å². The predicted octanol–water partition coefficient (Wildman–Crippen LogP) is -0.0472. The van der Waals surface area contributed by atoms with Gasteiger partial charge in [-0.3, -0.25) is 9.52 Å². The van der Waals surface area contributed by atoms with Gasteiger partial charge < -0.3 is 15.4 Å². The zero-order valence-electron chi connectivity index (χ0n) is 12.9. The van der Waals surface area contributed by atoms with E-state index in [-0.39, 0.29) is 12.3 Å². The molecule has 0 aromatic heterocycles. The Kier molecular flexibility index (Phi) is 7.86. The third-order valence-electron chi connectivity index (χ3n) is 2.70. The predicted molar refractivity (Wildman–Crippen MR) is 86.4 cm³/mol. The average molecular weight is 329 g/mol. The molecule has 7 nitrogen and oxygen atoms in total. The Bertz CT molecular complexity index is 575. The lowest BCUT2D eigenvalue weighted by atomic mass is 10.1. The van der Waals surface area contributed by atoms with Gasteiger partial charge in [-0.2, -0.15) is 0 Å². The minimum Gasteiger partial charge on any atom is -0.383 e. The molecule has 1 aromatic rings. The van der Waals surface area contributed by atoms with E-state index in [2.05, 4.69) is 15.4 Å². The third-order valence-corrected chi connectivity index (χ3v) is 3.31. The van der Waals surface area contributed by atoms with Gasteiger partial charge in [0.1, 0.15) is 0 Å². The summed E-state index contributed by atoms with van der Waals surface area (Å²) in [5.41, 5.74) is 1.20. The molecule has 0 saturated heterocycles. The molecule has 0 atom stereocenters. The quantitative estimate of drug-likeness (QED) is 0.523. The smallest absolute Gasteiger partial charge is 0.229 e. The molecule has 0 aliphatic carbocycles. The normalized spacial score (nSPS) is 11.2. The summed E-state index contributed by atoms with van der Waals surface area (Å²) in [6.07, 6.45) is 1.29. The molecule has 0 bridgehead atoms. The van der Waals surface area contributed by atoms with Crippen molar-refractivity contribution >= 4 is 21.6 Å². The maximum Gasteiger partial charge on any atom is 0.229 e. The first-order chi connectivity index (χ1) is 10.4. The molecule has 124 valence electrons. The molecule has 0 unspecified atom stereocenters. The molecule has 1 amide bonds. The second-order valence-electron chi connectivity index (χ2n) is 4.84. The summed E-state index contributed by atoms with van der Waals surface area (Å²) in [6, 6.07) is 6.78. The number of amides is 1. The molecule has 0 spiro atoms. The zero-order chi connectivity index (χ0) is 16.4. The minimum atomic E-state index is -3.32. The lowest BCUT2D eigenvalue weighted by Crippen LogP contribution is -2.33. The number of nitrogens with one attached hydrogen (secondary N) is 3. The summed E-state index contributed by atoms with van der Waals surface area (Å²) in [7, 11) is -1.68. The van der Waals surface area contributed by atoms with Crippen LogP contribution in [0.5, 0.6) is 0 Å².